The first kappa shape index (κ1) is 13.6. The number of nitrogens with zero attached hydrogens (tertiary/aromatic N) is 3. The van der Waals surface area contributed by atoms with Gasteiger partial charge in [-0.1, -0.05) is 12.8 Å². The Morgan fingerprint density at radius 1 is 1.43 bits per heavy atom. The van der Waals surface area contributed by atoms with E-state index in [0.29, 0.717) is 11.6 Å². The molecular formula is C15H18N4O2. The molecule has 1 N–H and O–H groups in total. The van der Waals surface area contributed by atoms with Crippen molar-refractivity contribution in [2.75, 3.05) is 13.7 Å². The fourth-order valence-corrected chi connectivity index (χ4v) is 2.12. The van der Waals surface area contributed by atoms with E-state index in [-0.39, 0.29) is 6.03 Å². The monoisotopic (exact) mass is 286 g/mol. The Morgan fingerprint density at radius 3 is 2.95 bits per heavy atom. The summed E-state index contributed by atoms with van der Waals surface area (Å²) in [5.74, 6) is 1.37. The molecule has 0 radical (unpaired) electrons. The Balaban J connectivity index is 1.62. The SMILES string of the molecule is COc1ccc(-c2cn(C(=O)NCCC3CC3)cn2)cn1. The molecule has 6 nitrogen and oxygen atoms in total. The van der Waals surface area contributed by atoms with Gasteiger partial charge in [-0.2, -0.15) is 0 Å². The van der Waals surface area contributed by atoms with Gasteiger partial charge in [0.05, 0.1) is 12.8 Å². The molecule has 2 aromatic rings. The predicted octanol–water partition coefficient (Wildman–Crippen LogP) is 2.31. The van der Waals surface area contributed by atoms with E-state index in [1.54, 1.807) is 25.6 Å². The van der Waals surface area contributed by atoms with Crippen LogP contribution in [0.5, 0.6) is 5.88 Å². The Hall–Kier alpha value is -2.37. The molecule has 1 aliphatic carbocycles. The number of aromatic nitrogens is 3. The zero-order valence-corrected chi connectivity index (χ0v) is 12.0. The second kappa shape index (κ2) is 5.95. The summed E-state index contributed by atoms with van der Waals surface area (Å²) in [6, 6.07) is 3.49. The third-order valence-corrected chi connectivity index (χ3v) is 3.58. The number of imidazole rings is 1. The molecule has 110 valence electrons. The highest BCUT2D eigenvalue weighted by atomic mass is 16.5. The Labute approximate surface area is 123 Å². The lowest BCUT2D eigenvalue weighted by Crippen LogP contribution is -2.28. The van der Waals surface area contributed by atoms with Crippen LogP contribution in [0, 0.1) is 5.92 Å². The first-order chi connectivity index (χ1) is 10.3. The molecule has 1 aliphatic rings. The minimum absolute atomic E-state index is 0.143. The van der Waals surface area contributed by atoms with E-state index in [1.807, 2.05) is 6.07 Å². The van der Waals surface area contributed by atoms with Crippen LogP contribution in [0.3, 0.4) is 0 Å². The average Bonchev–Trinajstić information content (AvgIpc) is 3.21. The number of carbonyl (C=O) groups is 1. The second-order valence-electron chi connectivity index (χ2n) is 5.22. The first-order valence-corrected chi connectivity index (χ1v) is 7.09. The van der Waals surface area contributed by atoms with Crippen molar-refractivity contribution in [1.82, 2.24) is 19.9 Å². The standard InChI is InChI=1S/C15H18N4O2/c1-21-14-5-4-12(8-17-14)13-9-19(10-18-13)15(20)16-7-6-11-2-3-11/h4-5,8-11H,2-3,6-7H2,1H3,(H,16,20). The third kappa shape index (κ3) is 3.39. The van der Waals surface area contributed by atoms with Gasteiger partial charge in [0.2, 0.25) is 5.88 Å². The molecule has 21 heavy (non-hydrogen) atoms. The fraction of sp³-hybridized carbons (Fsp3) is 0.400. The molecule has 1 saturated carbocycles. The number of rotatable bonds is 5. The summed E-state index contributed by atoms with van der Waals surface area (Å²) in [5, 5.41) is 2.90. The van der Waals surface area contributed by atoms with E-state index in [0.717, 1.165) is 24.4 Å². The smallest absolute Gasteiger partial charge is 0.326 e. The number of amides is 1. The summed E-state index contributed by atoms with van der Waals surface area (Å²) in [5.41, 5.74) is 1.56. The number of pyridine rings is 1. The molecule has 0 spiro atoms. The highest BCUT2D eigenvalue weighted by Gasteiger charge is 2.20. The quantitative estimate of drug-likeness (QED) is 0.915. The predicted molar refractivity (Wildman–Crippen MR) is 78.1 cm³/mol. The van der Waals surface area contributed by atoms with Crippen LogP contribution in [0.1, 0.15) is 19.3 Å². The maximum Gasteiger partial charge on any atom is 0.326 e. The number of carbonyl (C=O) groups excluding carboxylic acids is 1. The highest BCUT2D eigenvalue weighted by molar-refractivity contribution is 5.77. The lowest BCUT2D eigenvalue weighted by molar-refractivity contribution is 0.242. The van der Waals surface area contributed by atoms with Crippen LogP contribution >= 0.6 is 0 Å². The normalized spacial score (nSPS) is 14.0. The van der Waals surface area contributed by atoms with Crippen molar-refractivity contribution in [1.29, 1.82) is 0 Å². The molecule has 6 heteroatoms. The van der Waals surface area contributed by atoms with Crippen LogP contribution in [0.15, 0.2) is 30.9 Å². The van der Waals surface area contributed by atoms with Crippen molar-refractivity contribution in [3.8, 4) is 17.1 Å². The fourth-order valence-electron chi connectivity index (χ4n) is 2.12. The summed E-state index contributed by atoms with van der Waals surface area (Å²) in [4.78, 5) is 20.3. The largest absolute Gasteiger partial charge is 0.481 e. The number of methoxy groups -OCH3 is 1. The Bertz CT molecular complexity index is 617. The van der Waals surface area contributed by atoms with Gasteiger partial charge in [-0.15, -0.1) is 0 Å². The minimum Gasteiger partial charge on any atom is -0.481 e. The zero-order valence-electron chi connectivity index (χ0n) is 12.0. The van der Waals surface area contributed by atoms with E-state index < -0.39 is 0 Å². The molecule has 2 heterocycles. The lowest BCUT2D eigenvalue weighted by Gasteiger charge is -2.04. The molecular weight excluding hydrogens is 268 g/mol. The molecule has 0 atom stereocenters. The van der Waals surface area contributed by atoms with Gasteiger partial charge in [0.15, 0.2) is 0 Å². The van der Waals surface area contributed by atoms with E-state index in [2.05, 4.69) is 15.3 Å². The Kier molecular flexibility index (Phi) is 3.85. The van der Waals surface area contributed by atoms with Gasteiger partial charge < -0.3 is 10.1 Å². The van der Waals surface area contributed by atoms with Crippen molar-refractivity contribution in [2.24, 2.45) is 5.92 Å². The first-order valence-electron chi connectivity index (χ1n) is 7.09. The van der Waals surface area contributed by atoms with Crippen LogP contribution < -0.4 is 10.1 Å². The van der Waals surface area contributed by atoms with Crippen LogP contribution in [0.4, 0.5) is 4.79 Å². The highest BCUT2D eigenvalue weighted by Crippen LogP contribution is 2.31. The molecule has 0 unspecified atom stereocenters. The molecule has 0 saturated heterocycles. The maximum absolute atomic E-state index is 12.0. The molecule has 0 aliphatic heterocycles. The molecule has 2 aromatic heterocycles. The number of hydrogen-bond acceptors (Lipinski definition) is 4. The topological polar surface area (TPSA) is 69.0 Å². The zero-order chi connectivity index (χ0) is 14.7. The van der Waals surface area contributed by atoms with Crippen molar-refractivity contribution in [3.63, 3.8) is 0 Å². The van der Waals surface area contributed by atoms with Crippen LogP contribution in [0.2, 0.25) is 0 Å². The number of nitrogens with one attached hydrogen (secondary N) is 1. The molecule has 0 bridgehead atoms. The van der Waals surface area contributed by atoms with Crippen molar-refractivity contribution in [3.05, 3.63) is 30.9 Å². The molecule has 1 fully saturated rings. The second-order valence-corrected chi connectivity index (χ2v) is 5.22. The average molecular weight is 286 g/mol. The van der Waals surface area contributed by atoms with E-state index in [1.165, 1.54) is 23.7 Å². The molecule has 1 amide bonds. The number of ether oxygens (including phenoxy) is 1. The van der Waals surface area contributed by atoms with Crippen LogP contribution in [-0.4, -0.2) is 34.2 Å². The van der Waals surface area contributed by atoms with E-state index in [9.17, 15) is 4.79 Å². The van der Waals surface area contributed by atoms with Gasteiger partial charge >= 0.3 is 6.03 Å². The maximum atomic E-state index is 12.0. The Morgan fingerprint density at radius 2 is 2.29 bits per heavy atom. The van der Waals surface area contributed by atoms with Crippen molar-refractivity contribution < 1.29 is 9.53 Å². The lowest BCUT2D eigenvalue weighted by atomic mass is 10.2. The van der Waals surface area contributed by atoms with E-state index >= 15 is 0 Å². The van der Waals surface area contributed by atoms with Crippen LogP contribution in [0.25, 0.3) is 11.3 Å². The number of hydrogen-bond donors (Lipinski definition) is 1. The summed E-state index contributed by atoms with van der Waals surface area (Å²) < 4.78 is 6.48. The van der Waals surface area contributed by atoms with Gasteiger partial charge in [-0.05, 0) is 18.4 Å². The van der Waals surface area contributed by atoms with Gasteiger partial charge in [0.1, 0.15) is 6.33 Å². The van der Waals surface area contributed by atoms with Gasteiger partial charge in [0, 0.05) is 30.6 Å². The van der Waals surface area contributed by atoms with Crippen LogP contribution in [-0.2, 0) is 0 Å². The summed E-state index contributed by atoms with van der Waals surface area (Å²) >= 11 is 0. The summed E-state index contributed by atoms with van der Waals surface area (Å²) in [6.45, 7) is 0.723. The van der Waals surface area contributed by atoms with E-state index in [4.69, 9.17) is 4.74 Å². The minimum atomic E-state index is -0.143. The van der Waals surface area contributed by atoms with Crippen molar-refractivity contribution >= 4 is 6.03 Å². The van der Waals surface area contributed by atoms with Gasteiger partial charge in [-0.25, -0.2) is 14.8 Å². The molecule has 0 aromatic carbocycles. The third-order valence-electron chi connectivity index (χ3n) is 3.58. The summed E-state index contributed by atoms with van der Waals surface area (Å²) in [6.07, 6.45) is 8.57. The van der Waals surface area contributed by atoms with Gasteiger partial charge in [0.25, 0.3) is 0 Å². The van der Waals surface area contributed by atoms with Crippen molar-refractivity contribution in [2.45, 2.75) is 19.3 Å². The summed E-state index contributed by atoms with van der Waals surface area (Å²) in [7, 11) is 1.57. The molecule has 3 rings (SSSR count). The van der Waals surface area contributed by atoms with Gasteiger partial charge in [-0.3, -0.25) is 4.57 Å².